The minimum absolute atomic E-state index is 0.0921. The van der Waals surface area contributed by atoms with Crippen LogP contribution in [0.4, 0.5) is 0 Å². The number of halogens is 2. The Morgan fingerprint density at radius 1 is 0.319 bits per heavy atom. The first kappa shape index (κ1) is 88.4. The van der Waals surface area contributed by atoms with Crippen LogP contribution in [-0.4, -0.2) is 94.8 Å². The summed E-state index contributed by atoms with van der Waals surface area (Å²) < 4.78 is 9.71. The Bertz CT molecular complexity index is 5920. The van der Waals surface area contributed by atoms with Crippen LogP contribution in [0.1, 0.15) is 260 Å². The molecule has 8 nitrogen and oxygen atoms in total. The van der Waals surface area contributed by atoms with Gasteiger partial charge in [-0.25, -0.2) is 0 Å². The van der Waals surface area contributed by atoms with E-state index in [1.807, 2.05) is 81.9 Å². The summed E-state index contributed by atoms with van der Waals surface area (Å²) in [5, 5.41) is 10.0. The summed E-state index contributed by atoms with van der Waals surface area (Å²) >= 11 is 19.8. The second kappa shape index (κ2) is 38.1. The number of hydrogen-bond acceptors (Lipinski definition) is 16. The Morgan fingerprint density at radius 2 is 0.629 bits per heavy atom. The minimum Gasteiger partial charge on any atom is -0.288 e. The van der Waals surface area contributed by atoms with Gasteiger partial charge in [0.25, 0.3) is 23.6 Å². The number of fused-ring (bicyclic) bond motifs is 14. The number of rotatable bonds is 33. The number of benzene rings is 2. The second-order valence-electron chi connectivity index (χ2n) is 33.5. The summed E-state index contributed by atoms with van der Waals surface area (Å²) in [6.07, 6.45) is 27.9. The van der Waals surface area contributed by atoms with Crippen LogP contribution in [0.5, 0.6) is 0 Å². The molecule has 0 saturated carbocycles. The summed E-state index contributed by atoms with van der Waals surface area (Å²) in [6.45, 7) is 18.2. The number of carbonyl (C=O) groups is 6. The average Bonchev–Trinajstić information content (AvgIpc) is 1.54. The van der Waals surface area contributed by atoms with E-state index in [1.54, 1.807) is 28.5 Å². The smallest absolute Gasteiger partial charge is 0.263 e. The predicted octanol–water partition coefficient (Wildman–Crippen LogP) is 26.4. The molecule has 0 radical (unpaired) electrons. The van der Waals surface area contributed by atoms with Gasteiger partial charge in [-0.05, 0) is 121 Å². The summed E-state index contributed by atoms with van der Waals surface area (Å²) in [5.74, 6) is -0.363. The fourth-order valence-electron chi connectivity index (χ4n) is 16.4. The predicted molar refractivity (Wildman–Crippen MR) is 521 cm³/mol. The molecule has 116 heavy (non-hydrogen) atoms. The molecule has 12 heterocycles. The molecule has 16 rings (SSSR count). The van der Waals surface area contributed by atoms with Crippen molar-refractivity contribution in [2.24, 2.45) is 0 Å². The number of imide groups is 2. The van der Waals surface area contributed by atoms with Crippen LogP contribution in [-0.2, 0) is 35.3 Å². The van der Waals surface area contributed by atoms with Crippen LogP contribution in [0.3, 0.4) is 0 Å². The largest absolute Gasteiger partial charge is 0.288 e. The van der Waals surface area contributed by atoms with Crippen LogP contribution in [0.15, 0.2) is 80.4 Å². The number of nitrogens with zero attached hydrogens (tertiary/aromatic N) is 2. The molecular weight excluding hydrogens is 1970 g/mol. The van der Waals surface area contributed by atoms with E-state index >= 15 is 9.59 Å². The third-order valence-corrected chi connectivity index (χ3v) is 54.6. The quantitative estimate of drug-likeness (QED) is 0.0230. The van der Waals surface area contributed by atoms with Crippen molar-refractivity contribution < 1.29 is 28.8 Å². The zero-order chi connectivity index (χ0) is 82.3. The Balaban J connectivity index is 0.000000162. The number of amides is 4. The number of Topliss-reactive ketones (excluding diaryl/α,β-unsaturated/α-hetero) is 2. The molecule has 0 saturated heterocycles. The van der Waals surface area contributed by atoms with Crippen LogP contribution in [0.25, 0.3) is 72.4 Å². The van der Waals surface area contributed by atoms with Crippen molar-refractivity contribution in [2.75, 3.05) is 13.1 Å². The van der Waals surface area contributed by atoms with Crippen LogP contribution < -0.4 is 26.7 Å². The van der Waals surface area contributed by atoms with Gasteiger partial charge < -0.3 is 0 Å². The summed E-state index contributed by atoms with van der Waals surface area (Å²) in [5.41, 5.74) is 5.70. The molecular formula is C94H106Br2N2O6S10Sn2. The van der Waals surface area contributed by atoms with Gasteiger partial charge in [-0.15, -0.1) is 68.0 Å². The van der Waals surface area contributed by atoms with Gasteiger partial charge in [-0.1, -0.05) is 106 Å². The molecule has 0 N–H and O–H groups in total. The zero-order valence-corrected chi connectivity index (χ0v) is 86.5. The van der Waals surface area contributed by atoms with Gasteiger partial charge in [-0.3, -0.25) is 33.8 Å². The Kier molecular flexibility index (Phi) is 29.0. The topological polar surface area (TPSA) is 109 Å². The molecule has 4 aliphatic rings. The van der Waals surface area contributed by atoms with E-state index in [2.05, 4.69) is 176 Å². The van der Waals surface area contributed by atoms with Gasteiger partial charge in [0, 0.05) is 89.0 Å². The van der Waals surface area contributed by atoms with E-state index in [4.69, 9.17) is 0 Å². The molecule has 12 aromatic rings. The molecule has 2 aliphatic carbocycles. The van der Waals surface area contributed by atoms with E-state index < -0.39 is 36.8 Å². The van der Waals surface area contributed by atoms with Gasteiger partial charge in [0.1, 0.15) is 0 Å². The fraction of sp³-hybridized carbons (Fsp3) is 0.426. The molecule has 10 aromatic heterocycles. The molecule has 0 spiro atoms. The third-order valence-electron chi connectivity index (χ3n) is 22.6. The maximum absolute atomic E-state index is 15.2. The Morgan fingerprint density at radius 3 is 0.957 bits per heavy atom. The first-order valence-corrected chi connectivity index (χ1v) is 71.8. The van der Waals surface area contributed by atoms with Crippen molar-refractivity contribution in [2.45, 2.75) is 239 Å². The molecule has 0 atom stereocenters. The van der Waals surface area contributed by atoms with Crippen molar-refractivity contribution in [1.29, 1.82) is 0 Å². The second-order valence-corrected chi connectivity index (χ2v) is 78.3. The maximum Gasteiger partial charge on any atom is 0.263 e. The molecule has 2 aromatic carbocycles. The van der Waals surface area contributed by atoms with Crippen molar-refractivity contribution in [3.8, 4) is 9.75 Å². The third kappa shape index (κ3) is 17.7. The summed E-state index contributed by atoms with van der Waals surface area (Å²) in [7, 11) is 0. The van der Waals surface area contributed by atoms with Crippen molar-refractivity contribution in [3.63, 3.8) is 0 Å². The molecule has 0 fully saturated rings. The average molecular weight is 2080 g/mol. The number of ketones is 2. The van der Waals surface area contributed by atoms with Gasteiger partial charge in [0.2, 0.25) is 0 Å². The van der Waals surface area contributed by atoms with Gasteiger partial charge >= 0.3 is 277 Å². The molecule has 0 unspecified atom stereocenters. The standard InChI is InChI=1S/C45H47NO3S5.C33H32OS4.C10H9Br2NO2S.6CH3.2Sn/c1-6-9-12-14-16-27-23-29-30-24-28(17-15-13-10-7-2)53-42(30)38-36(40(47)35(37(38)41(29)52-27)31-19-18-25(4)50-31)32-20-21-33(54-32)43-39-34(26(5)51-43)44(48)46(45(39)49)22-11-8-3;1-3-5-7-9-13-21-19-23-24-20-22(14-10-8-6-4-2)38-33(24)30-28(26-16-12-18-36-26)31(34)27(25-15-11-17-35-25)29(30)32(23)37-21;1-2-3-4-13-9(14)5-6(10(13)15)8(12)16-7(5)11;;;;;;;;/h18-21,23-24H,6-17,22H2,1-5H3;11-12,15-16,19-20H,3-10,13-14H2,1-2H3;2-4H2,1H3;6*1H3;;. The van der Waals surface area contributed by atoms with Crippen molar-refractivity contribution in [3.05, 3.63) is 172 Å². The van der Waals surface area contributed by atoms with Crippen LogP contribution in [0.2, 0.25) is 29.6 Å². The van der Waals surface area contributed by atoms with E-state index in [-0.39, 0.29) is 35.2 Å². The molecule has 2 aliphatic heterocycles. The first-order chi connectivity index (χ1) is 55.7. The number of thiophene rings is 10. The maximum atomic E-state index is 15.2. The normalized spacial score (nSPS) is 14.2. The number of aryl methyl sites for hydroxylation is 6. The summed E-state index contributed by atoms with van der Waals surface area (Å²) in [6, 6.07) is 27.6. The molecule has 4 amide bonds. The van der Waals surface area contributed by atoms with Crippen molar-refractivity contribution in [1.82, 2.24) is 9.80 Å². The number of carbonyl (C=O) groups excluding carboxylic acids is 6. The molecule has 22 heteroatoms. The van der Waals surface area contributed by atoms with Gasteiger partial charge in [0.15, 0.2) is 5.78 Å². The van der Waals surface area contributed by atoms with Crippen molar-refractivity contribution >= 4 is 286 Å². The SMILES string of the molecule is CCCCCCc1cc2c(s1)c1c(c3sc(CCCCCC)cc32)=C(c2cc[c]([Sn]([CH3])([CH3])[CH3])s2)C(=O)C=1c1cc[c]([Sn]([CH3])([CH3])[CH3])s1.CCCCCCc1cc2c(s1)c1c(c3sc(CCCCCC)cc32)=C(c2ccc(-c3sc(C)c4c3C(=O)N(CCCC)C4=O)s2)C(=O)C=1c1ccc(C)s1.CCCCN1C(=O)c2c(Br)sc(Br)c2C1=O. The van der Waals surface area contributed by atoms with Gasteiger partial charge in [0.05, 0.1) is 34.7 Å². The van der Waals surface area contributed by atoms with E-state index in [0.717, 1.165) is 116 Å². The monoisotopic (exact) mass is 2080 g/mol. The minimum atomic E-state index is -2.30. The first-order valence-electron chi connectivity index (χ1n) is 42.1. The van der Waals surface area contributed by atoms with Gasteiger partial charge in [-0.2, -0.15) is 0 Å². The number of hydrogen-bond donors (Lipinski definition) is 0. The van der Waals surface area contributed by atoms with E-state index in [0.29, 0.717) is 35.3 Å². The Labute approximate surface area is 749 Å². The summed E-state index contributed by atoms with van der Waals surface area (Å²) in [4.78, 5) is 113. The number of unbranched alkanes of at least 4 members (excludes halogenated alkanes) is 14. The molecule has 0 bridgehead atoms. The van der Waals surface area contributed by atoms with Crippen LogP contribution >= 0.6 is 145 Å². The Hall–Kier alpha value is -3.86. The zero-order valence-electron chi connectivity index (χ0n) is 69.5. The fourth-order valence-corrected chi connectivity index (χ4v) is 40.5. The van der Waals surface area contributed by atoms with E-state index in [9.17, 15) is 19.2 Å². The molecule has 610 valence electrons. The van der Waals surface area contributed by atoms with Crippen LogP contribution in [0, 0.1) is 13.8 Å². The van der Waals surface area contributed by atoms with E-state index in [1.165, 1.54) is 220 Å².